The molecule has 0 aromatic heterocycles. The highest BCUT2D eigenvalue weighted by Gasteiger charge is 2.19. The summed E-state index contributed by atoms with van der Waals surface area (Å²) in [7, 11) is 0. The van der Waals surface area contributed by atoms with Crippen molar-refractivity contribution in [2.45, 2.75) is 45.8 Å². The lowest BCUT2D eigenvalue weighted by molar-refractivity contribution is -0.142. The van der Waals surface area contributed by atoms with Crippen LogP contribution in [0.15, 0.2) is 12.7 Å². The summed E-state index contributed by atoms with van der Waals surface area (Å²) in [6.07, 6.45) is 1.05. The van der Waals surface area contributed by atoms with Crippen LogP contribution in [0.25, 0.3) is 0 Å². The van der Waals surface area contributed by atoms with Crippen LogP contribution in [0.2, 0.25) is 0 Å². The fourth-order valence-electron chi connectivity index (χ4n) is 1.02. The molecule has 0 unspecified atom stereocenters. The van der Waals surface area contributed by atoms with Crippen molar-refractivity contribution >= 4 is 12.1 Å². The summed E-state index contributed by atoms with van der Waals surface area (Å²) in [6, 6.07) is -0.331. The molecule has 0 radical (unpaired) electrons. The molecule has 0 fully saturated rings. The third kappa shape index (κ3) is 9.41. The normalized spacial score (nSPS) is 12.5. The van der Waals surface area contributed by atoms with Crippen LogP contribution in [-0.4, -0.2) is 30.3 Å². The molecule has 0 aliphatic rings. The van der Waals surface area contributed by atoms with Crippen LogP contribution in [0.4, 0.5) is 4.79 Å². The number of carbonyl (C=O) groups excluding carboxylic acids is 2. The van der Waals surface area contributed by atoms with Crippen molar-refractivity contribution in [1.29, 1.82) is 0 Å². The van der Waals surface area contributed by atoms with Gasteiger partial charge in [0.15, 0.2) is 0 Å². The molecular weight excluding hydrogens is 222 g/mol. The predicted octanol–water partition coefficient (Wildman–Crippen LogP) is 2.02. The van der Waals surface area contributed by atoms with E-state index in [0.29, 0.717) is 0 Å². The predicted molar refractivity (Wildman–Crippen MR) is 64.6 cm³/mol. The second kappa shape index (κ2) is 6.93. The lowest BCUT2D eigenvalue weighted by Crippen LogP contribution is -2.38. The Bertz CT molecular complexity index is 281. The molecule has 0 aliphatic carbocycles. The highest BCUT2D eigenvalue weighted by Crippen LogP contribution is 2.07. The lowest BCUT2D eigenvalue weighted by Gasteiger charge is -2.21. The maximum Gasteiger partial charge on any atom is 0.407 e. The van der Waals surface area contributed by atoms with Gasteiger partial charge in [0, 0.05) is 6.04 Å². The van der Waals surface area contributed by atoms with E-state index in [9.17, 15) is 9.59 Å². The van der Waals surface area contributed by atoms with Gasteiger partial charge in [-0.3, -0.25) is 4.79 Å². The number of hydrogen-bond donors (Lipinski definition) is 1. The molecule has 0 bridgehead atoms. The maximum absolute atomic E-state index is 11.4. The smallest absolute Gasteiger partial charge is 0.407 e. The van der Waals surface area contributed by atoms with Gasteiger partial charge in [0.2, 0.25) is 0 Å². The molecule has 0 rings (SSSR count). The number of hydrogen-bond acceptors (Lipinski definition) is 4. The minimum Gasteiger partial charge on any atom is -0.461 e. The summed E-state index contributed by atoms with van der Waals surface area (Å²) in [5.74, 6) is -0.381. The molecule has 5 nitrogen and oxygen atoms in total. The van der Waals surface area contributed by atoms with E-state index in [-0.39, 0.29) is 25.0 Å². The standard InChI is InChI=1S/C12H21NO4/c1-6-7-16-10(14)8-9(2)13-11(15)17-12(3,4)5/h6,9H,1,7-8H2,2-5H3,(H,13,15)/t9-/m0/s1. The molecule has 0 saturated carbocycles. The van der Waals surface area contributed by atoms with Crippen molar-refractivity contribution in [2.75, 3.05) is 6.61 Å². The molecule has 1 amide bonds. The van der Waals surface area contributed by atoms with E-state index in [0.717, 1.165) is 0 Å². The van der Waals surface area contributed by atoms with E-state index >= 15 is 0 Å². The van der Waals surface area contributed by atoms with E-state index in [4.69, 9.17) is 9.47 Å². The first kappa shape index (κ1) is 15.5. The summed E-state index contributed by atoms with van der Waals surface area (Å²) < 4.78 is 9.85. The summed E-state index contributed by atoms with van der Waals surface area (Å²) in [4.78, 5) is 22.6. The Morgan fingerprint density at radius 1 is 1.41 bits per heavy atom. The molecule has 0 aliphatic heterocycles. The van der Waals surface area contributed by atoms with Crippen molar-refractivity contribution in [3.8, 4) is 0 Å². The first-order chi connectivity index (χ1) is 7.74. The van der Waals surface area contributed by atoms with Crippen LogP contribution in [0.5, 0.6) is 0 Å². The summed E-state index contributed by atoms with van der Waals surface area (Å²) in [6.45, 7) is 10.6. The number of carbonyl (C=O) groups is 2. The highest BCUT2D eigenvalue weighted by atomic mass is 16.6. The van der Waals surface area contributed by atoms with Gasteiger partial charge in [-0.25, -0.2) is 4.79 Å². The maximum atomic E-state index is 11.4. The van der Waals surface area contributed by atoms with Crippen molar-refractivity contribution < 1.29 is 19.1 Å². The zero-order chi connectivity index (χ0) is 13.5. The molecule has 0 aromatic rings. The first-order valence-corrected chi connectivity index (χ1v) is 5.50. The van der Waals surface area contributed by atoms with Crippen molar-refractivity contribution in [3.63, 3.8) is 0 Å². The second-order valence-electron chi connectivity index (χ2n) is 4.72. The molecule has 98 valence electrons. The molecule has 0 aromatic carbocycles. The molecule has 0 heterocycles. The zero-order valence-corrected chi connectivity index (χ0v) is 10.9. The number of nitrogens with one attached hydrogen (secondary N) is 1. The zero-order valence-electron chi connectivity index (χ0n) is 10.9. The van der Waals surface area contributed by atoms with Crippen LogP contribution in [0, 0.1) is 0 Å². The second-order valence-corrected chi connectivity index (χ2v) is 4.72. The van der Waals surface area contributed by atoms with Gasteiger partial charge in [-0.05, 0) is 27.7 Å². The Hall–Kier alpha value is -1.52. The van der Waals surface area contributed by atoms with Gasteiger partial charge in [0.25, 0.3) is 0 Å². The summed E-state index contributed by atoms with van der Waals surface area (Å²) >= 11 is 0. The molecule has 1 atom stereocenters. The van der Waals surface area contributed by atoms with E-state index < -0.39 is 11.7 Å². The highest BCUT2D eigenvalue weighted by molar-refractivity contribution is 5.72. The minimum absolute atomic E-state index is 0.104. The molecule has 17 heavy (non-hydrogen) atoms. The molecule has 5 heteroatoms. The summed E-state index contributed by atoms with van der Waals surface area (Å²) in [5, 5.41) is 2.56. The fraction of sp³-hybridized carbons (Fsp3) is 0.667. The third-order valence-electron chi connectivity index (χ3n) is 1.60. The van der Waals surface area contributed by atoms with Crippen LogP contribution in [0.3, 0.4) is 0 Å². The van der Waals surface area contributed by atoms with E-state index in [1.165, 1.54) is 6.08 Å². The number of alkyl carbamates (subject to hydrolysis) is 1. The number of ether oxygens (including phenoxy) is 2. The first-order valence-electron chi connectivity index (χ1n) is 5.50. The SMILES string of the molecule is C=CCOC(=O)C[C@H](C)NC(=O)OC(C)(C)C. The van der Waals surface area contributed by atoms with Crippen LogP contribution >= 0.6 is 0 Å². The third-order valence-corrected chi connectivity index (χ3v) is 1.60. The Balaban J connectivity index is 3.93. The van der Waals surface area contributed by atoms with Gasteiger partial charge in [-0.15, -0.1) is 0 Å². The summed E-state index contributed by atoms with van der Waals surface area (Å²) in [5.41, 5.74) is -0.548. The van der Waals surface area contributed by atoms with Crippen molar-refractivity contribution in [2.24, 2.45) is 0 Å². The van der Waals surface area contributed by atoms with Crippen molar-refractivity contribution in [3.05, 3.63) is 12.7 Å². The Morgan fingerprint density at radius 3 is 2.47 bits per heavy atom. The molecular formula is C12H21NO4. The number of esters is 1. The van der Waals surface area contributed by atoms with Gasteiger partial charge in [-0.2, -0.15) is 0 Å². The fourth-order valence-corrected chi connectivity index (χ4v) is 1.02. The van der Waals surface area contributed by atoms with Gasteiger partial charge in [-0.1, -0.05) is 12.7 Å². The van der Waals surface area contributed by atoms with Crippen LogP contribution < -0.4 is 5.32 Å². The Kier molecular flexibility index (Phi) is 6.31. The minimum atomic E-state index is -0.548. The monoisotopic (exact) mass is 243 g/mol. The van der Waals surface area contributed by atoms with E-state index in [1.807, 2.05) is 0 Å². The average Bonchev–Trinajstić information content (AvgIpc) is 2.10. The quantitative estimate of drug-likeness (QED) is 0.592. The van der Waals surface area contributed by atoms with Gasteiger partial charge in [0.05, 0.1) is 6.42 Å². The number of rotatable bonds is 5. The van der Waals surface area contributed by atoms with Gasteiger partial charge in [0.1, 0.15) is 12.2 Å². The average molecular weight is 243 g/mol. The number of amides is 1. The van der Waals surface area contributed by atoms with Crippen molar-refractivity contribution in [1.82, 2.24) is 5.32 Å². The van der Waals surface area contributed by atoms with Crippen LogP contribution in [-0.2, 0) is 14.3 Å². The Labute approximate surface area is 102 Å². The molecule has 0 saturated heterocycles. The van der Waals surface area contributed by atoms with E-state index in [1.54, 1.807) is 27.7 Å². The van der Waals surface area contributed by atoms with E-state index in [2.05, 4.69) is 11.9 Å². The topological polar surface area (TPSA) is 64.6 Å². The lowest BCUT2D eigenvalue weighted by atomic mass is 10.2. The molecule has 1 N–H and O–H groups in total. The largest absolute Gasteiger partial charge is 0.461 e. The molecule has 0 spiro atoms. The van der Waals surface area contributed by atoms with Gasteiger partial charge < -0.3 is 14.8 Å². The van der Waals surface area contributed by atoms with Gasteiger partial charge >= 0.3 is 12.1 Å². The Morgan fingerprint density at radius 2 is 2.00 bits per heavy atom. The van der Waals surface area contributed by atoms with Crippen LogP contribution in [0.1, 0.15) is 34.1 Å².